The van der Waals surface area contributed by atoms with Crippen molar-refractivity contribution in [3.63, 3.8) is 0 Å². The molecule has 1 atom stereocenters. The lowest BCUT2D eigenvalue weighted by Crippen LogP contribution is -2.32. The summed E-state index contributed by atoms with van der Waals surface area (Å²) >= 11 is 1.89. The highest BCUT2D eigenvalue weighted by atomic mass is 32.2. The molecule has 2 spiro atoms. The molecule has 2 aliphatic heterocycles. The molecule has 1 aromatic heterocycles. The normalized spacial score (nSPS) is 15.2. The fourth-order valence-corrected chi connectivity index (χ4v) is 13.9. The standard InChI is InChI=1S/C63H38O2S/c1-4-20-46-40(16-1)41-34-32-39(37-53(41)62(46)48-22-6-11-28-56(48)65-57-29-12-7-23-49(57)62)60(38-33-35-55-45(36-38)42-17-3-10-27-54(42)64-55)44-19-15-26-52-61(44)43-18-2-5-21-47(43)63(52)50-24-8-13-30-58(50)66-59-31-14-9-25-51(59)63/h1-37,60H. The zero-order valence-corrected chi connectivity index (χ0v) is 36.5. The molecular formula is C63H38O2S. The Balaban J connectivity index is 1.05. The van der Waals surface area contributed by atoms with Crippen molar-refractivity contribution in [1.29, 1.82) is 0 Å². The van der Waals surface area contributed by atoms with Crippen LogP contribution >= 0.6 is 11.8 Å². The number of hydrogen-bond acceptors (Lipinski definition) is 3. The molecule has 3 heterocycles. The van der Waals surface area contributed by atoms with Crippen molar-refractivity contribution in [1.82, 2.24) is 0 Å². The lowest BCUT2D eigenvalue weighted by molar-refractivity contribution is 0.436. The van der Waals surface area contributed by atoms with Crippen LogP contribution in [-0.2, 0) is 10.8 Å². The van der Waals surface area contributed by atoms with Gasteiger partial charge >= 0.3 is 0 Å². The summed E-state index contributed by atoms with van der Waals surface area (Å²) in [5.41, 5.74) is 19.8. The van der Waals surface area contributed by atoms with E-state index in [0.29, 0.717) is 0 Å². The summed E-state index contributed by atoms with van der Waals surface area (Å²) in [7, 11) is 0. The van der Waals surface area contributed by atoms with E-state index in [1.165, 1.54) is 93.2 Å². The first-order chi connectivity index (χ1) is 32.7. The Morgan fingerprint density at radius 3 is 1.61 bits per heavy atom. The molecule has 66 heavy (non-hydrogen) atoms. The minimum atomic E-state index is -0.592. The van der Waals surface area contributed by atoms with Crippen LogP contribution in [0.15, 0.2) is 239 Å². The quantitative estimate of drug-likeness (QED) is 0.165. The van der Waals surface area contributed by atoms with Crippen molar-refractivity contribution in [2.45, 2.75) is 26.5 Å². The minimum Gasteiger partial charge on any atom is -0.457 e. The number of benzene rings is 10. The summed E-state index contributed by atoms with van der Waals surface area (Å²) < 4.78 is 13.2. The van der Waals surface area contributed by atoms with Crippen LogP contribution in [0.5, 0.6) is 11.5 Å². The summed E-state index contributed by atoms with van der Waals surface area (Å²) in [6.45, 7) is 0. The van der Waals surface area contributed by atoms with Crippen molar-refractivity contribution in [3.05, 3.63) is 286 Å². The highest BCUT2D eigenvalue weighted by molar-refractivity contribution is 7.99. The molecule has 4 aliphatic rings. The molecule has 0 fully saturated rings. The summed E-state index contributed by atoms with van der Waals surface area (Å²) in [5, 5.41) is 2.25. The highest BCUT2D eigenvalue weighted by Gasteiger charge is 2.53. The molecule has 0 amide bonds. The SMILES string of the molecule is c1ccc2c(c1)Oc1ccccc1C21c2ccccc2-c2ccc(C(c3ccc4oc5ccccc5c4c3)c3cccc4c3-c3ccccc3C43c4ccccc4Sc4ccccc43)cc21. The van der Waals surface area contributed by atoms with Crippen molar-refractivity contribution in [2.24, 2.45) is 0 Å². The van der Waals surface area contributed by atoms with Crippen LogP contribution in [-0.4, -0.2) is 0 Å². The van der Waals surface area contributed by atoms with Gasteiger partial charge in [-0.05, 0) is 115 Å². The Bertz CT molecular complexity index is 3780. The van der Waals surface area contributed by atoms with Gasteiger partial charge in [-0.25, -0.2) is 0 Å². The summed E-state index contributed by atoms with van der Waals surface area (Å²) in [4.78, 5) is 2.61. The third-order valence-electron chi connectivity index (χ3n) is 15.2. The van der Waals surface area contributed by atoms with Gasteiger partial charge in [0.2, 0.25) is 0 Å². The summed E-state index contributed by atoms with van der Waals surface area (Å²) in [6.07, 6.45) is 0. The third-order valence-corrected chi connectivity index (χ3v) is 16.3. The van der Waals surface area contributed by atoms with Crippen LogP contribution in [0.4, 0.5) is 0 Å². The largest absolute Gasteiger partial charge is 0.457 e. The van der Waals surface area contributed by atoms with Gasteiger partial charge in [-0.2, -0.15) is 0 Å². The predicted molar refractivity (Wildman–Crippen MR) is 266 cm³/mol. The van der Waals surface area contributed by atoms with Crippen LogP contribution in [0.1, 0.15) is 67.1 Å². The highest BCUT2D eigenvalue weighted by Crippen LogP contribution is 2.65. The van der Waals surface area contributed by atoms with E-state index in [9.17, 15) is 0 Å². The average molecular weight is 859 g/mol. The fraction of sp³-hybridized carbons (Fsp3) is 0.0476. The Kier molecular flexibility index (Phi) is 7.38. The van der Waals surface area contributed by atoms with Crippen molar-refractivity contribution < 1.29 is 9.15 Å². The molecular weight excluding hydrogens is 821 g/mol. The molecule has 11 aromatic rings. The maximum atomic E-state index is 6.76. The van der Waals surface area contributed by atoms with Crippen molar-refractivity contribution >= 4 is 33.7 Å². The lowest BCUT2D eigenvalue weighted by Gasteiger charge is -2.40. The van der Waals surface area contributed by atoms with Crippen molar-refractivity contribution in [3.8, 4) is 33.8 Å². The fourth-order valence-electron chi connectivity index (χ4n) is 12.7. The maximum absolute atomic E-state index is 6.76. The average Bonchev–Trinajstić information content (AvgIpc) is 4.00. The van der Waals surface area contributed by atoms with E-state index in [1.807, 2.05) is 11.8 Å². The van der Waals surface area contributed by atoms with Gasteiger partial charge in [-0.3, -0.25) is 0 Å². The molecule has 0 saturated heterocycles. The first-order valence-corrected chi connectivity index (χ1v) is 23.7. The number of para-hydroxylation sites is 3. The molecule has 1 unspecified atom stereocenters. The lowest BCUT2D eigenvalue weighted by atomic mass is 9.65. The topological polar surface area (TPSA) is 22.4 Å². The van der Waals surface area contributed by atoms with Gasteiger partial charge in [0, 0.05) is 37.6 Å². The van der Waals surface area contributed by atoms with Gasteiger partial charge in [-0.15, -0.1) is 0 Å². The van der Waals surface area contributed by atoms with E-state index in [4.69, 9.17) is 9.15 Å². The van der Waals surface area contributed by atoms with Crippen LogP contribution < -0.4 is 4.74 Å². The van der Waals surface area contributed by atoms with Gasteiger partial charge in [-0.1, -0.05) is 194 Å². The Hall–Kier alpha value is -7.85. The first kappa shape index (κ1) is 36.5. The van der Waals surface area contributed by atoms with Crippen LogP contribution in [0.3, 0.4) is 0 Å². The van der Waals surface area contributed by atoms with Gasteiger partial charge in [0.25, 0.3) is 0 Å². The van der Waals surface area contributed by atoms with Crippen LogP contribution in [0.25, 0.3) is 44.2 Å². The van der Waals surface area contributed by atoms with E-state index in [2.05, 4.69) is 224 Å². The van der Waals surface area contributed by atoms with Gasteiger partial charge in [0.1, 0.15) is 22.7 Å². The Labute approximate surface area is 386 Å². The number of hydrogen-bond donors (Lipinski definition) is 0. The number of furan rings is 1. The Morgan fingerprint density at radius 1 is 0.348 bits per heavy atom. The smallest absolute Gasteiger partial charge is 0.135 e. The zero-order chi connectivity index (χ0) is 43.1. The summed E-state index contributed by atoms with van der Waals surface area (Å²) in [5.74, 6) is 1.64. The molecule has 308 valence electrons. The second kappa shape index (κ2) is 13.4. The van der Waals surface area contributed by atoms with E-state index in [1.54, 1.807) is 0 Å². The van der Waals surface area contributed by atoms with Gasteiger partial charge < -0.3 is 9.15 Å². The number of ether oxygens (including phenoxy) is 1. The van der Waals surface area contributed by atoms with Gasteiger partial charge in [0.15, 0.2) is 0 Å². The van der Waals surface area contributed by atoms with E-state index in [-0.39, 0.29) is 5.92 Å². The minimum absolute atomic E-state index is 0.152. The van der Waals surface area contributed by atoms with E-state index < -0.39 is 10.8 Å². The predicted octanol–water partition coefficient (Wildman–Crippen LogP) is 16.1. The number of rotatable bonds is 3. The van der Waals surface area contributed by atoms with Gasteiger partial charge in [0.05, 0.1) is 10.8 Å². The second-order valence-electron chi connectivity index (χ2n) is 18.1. The molecule has 3 heteroatoms. The molecule has 0 bridgehead atoms. The molecule has 10 aromatic carbocycles. The monoisotopic (exact) mass is 858 g/mol. The zero-order valence-electron chi connectivity index (χ0n) is 35.7. The van der Waals surface area contributed by atoms with Crippen molar-refractivity contribution in [2.75, 3.05) is 0 Å². The molecule has 0 N–H and O–H groups in total. The molecule has 2 aliphatic carbocycles. The second-order valence-corrected chi connectivity index (χ2v) is 19.2. The molecule has 2 nitrogen and oxygen atoms in total. The summed E-state index contributed by atoms with van der Waals surface area (Å²) in [6, 6.07) is 83.5. The van der Waals surface area contributed by atoms with E-state index in [0.717, 1.165) is 33.4 Å². The molecule has 0 saturated carbocycles. The molecule has 15 rings (SSSR count). The maximum Gasteiger partial charge on any atom is 0.135 e. The molecule has 0 radical (unpaired) electrons. The van der Waals surface area contributed by atoms with Crippen LogP contribution in [0, 0.1) is 0 Å². The van der Waals surface area contributed by atoms with Crippen LogP contribution in [0.2, 0.25) is 0 Å². The third kappa shape index (κ3) is 4.58. The Morgan fingerprint density at radius 2 is 0.864 bits per heavy atom. The number of fused-ring (bicyclic) bond motifs is 21. The first-order valence-electron chi connectivity index (χ1n) is 22.9. The van der Waals surface area contributed by atoms with E-state index >= 15 is 0 Å².